The molecule has 0 amide bonds. The normalized spacial score (nSPS) is 12.9. The van der Waals surface area contributed by atoms with Crippen molar-refractivity contribution >= 4 is 5.97 Å². The molecule has 0 saturated carbocycles. The van der Waals surface area contributed by atoms with E-state index in [0.717, 1.165) is 0 Å². The summed E-state index contributed by atoms with van der Waals surface area (Å²) in [6.07, 6.45) is 0. The summed E-state index contributed by atoms with van der Waals surface area (Å²) in [6.45, 7) is 4.02. The maximum Gasteiger partial charge on any atom is 0.344 e. The molecule has 0 aliphatic carbocycles. The third kappa shape index (κ3) is 1.99. The molecule has 0 radical (unpaired) electrons. The van der Waals surface area contributed by atoms with Crippen LogP contribution in [0.2, 0.25) is 0 Å². The minimum atomic E-state index is -0.313. The van der Waals surface area contributed by atoms with Gasteiger partial charge in [-0.3, -0.25) is 0 Å². The highest BCUT2D eigenvalue weighted by Crippen LogP contribution is 2.21. The summed E-state index contributed by atoms with van der Waals surface area (Å²) < 4.78 is 9.69. The molecule has 3 nitrogen and oxygen atoms in total. The Hall–Kier alpha value is -1.51. The molecule has 0 spiro atoms. The zero-order chi connectivity index (χ0) is 9.68. The number of benzene rings is 1. The van der Waals surface area contributed by atoms with E-state index in [1.54, 1.807) is 18.2 Å². The second-order valence-electron chi connectivity index (χ2n) is 2.19. The quantitative estimate of drug-likeness (QED) is 0.574. The van der Waals surface area contributed by atoms with Gasteiger partial charge >= 0.3 is 5.97 Å². The molecule has 1 aliphatic rings. The maximum absolute atomic E-state index is 11.0. The van der Waals surface area contributed by atoms with Gasteiger partial charge in [0.1, 0.15) is 11.3 Å². The van der Waals surface area contributed by atoms with Gasteiger partial charge in [0.2, 0.25) is 6.79 Å². The highest BCUT2D eigenvalue weighted by Gasteiger charge is 2.17. The largest absolute Gasteiger partial charge is 0.456 e. The number of carbonyl (C=O) groups is 1. The van der Waals surface area contributed by atoms with Crippen LogP contribution in [0.15, 0.2) is 24.3 Å². The Bertz CT molecular complexity index is 294. The molecule has 2 rings (SSSR count). The zero-order valence-corrected chi connectivity index (χ0v) is 7.74. The van der Waals surface area contributed by atoms with Crippen molar-refractivity contribution < 1.29 is 14.3 Å². The van der Waals surface area contributed by atoms with Gasteiger partial charge in [-0.15, -0.1) is 0 Å². The first-order chi connectivity index (χ1) is 6.38. The average Bonchev–Trinajstić information content (AvgIpc) is 2.22. The standard InChI is InChI=1S/C8H6O3.C2H6/c9-8-6-3-1-2-4-7(6)10-5-11-8;1-2/h1-4H,5H2;1-2H3. The molecule has 1 aromatic rings. The first-order valence-corrected chi connectivity index (χ1v) is 4.27. The van der Waals surface area contributed by atoms with Crippen LogP contribution in [-0.2, 0) is 4.74 Å². The van der Waals surface area contributed by atoms with Crippen molar-refractivity contribution in [2.45, 2.75) is 13.8 Å². The Morgan fingerprint density at radius 3 is 2.54 bits per heavy atom. The van der Waals surface area contributed by atoms with Crippen molar-refractivity contribution in [2.75, 3.05) is 6.79 Å². The van der Waals surface area contributed by atoms with E-state index in [0.29, 0.717) is 11.3 Å². The summed E-state index contributed by atoms with van der Waals surface area (Å²) in [5.41, 5.74) is 0.499. The highest BCUT2D eigenvalue weighted by molar-refractivity contribution is 5.93. The van der Waals surface area contributed by atoms with E-state index in [4.69, 9.17) is 4.74 Å². The number of cyclic esters (lactones) is 1. The summed E-state index contributed by atoms with van der Waals surface area (Å²) in [4.78, 5) is 11.0. The SMILES string of the molecule is CC.O=C1OCOc2ccccc21. The Kier molecular flexibility index (Phi) is 3.31. The molecule has 0 N–H and O–H groups in total. The van der Waals surface area contributed by atoms with Gasteiger partial charge in [-0.25, -0.2) is 4.79 Å². The second-order valence-corrected chi connectivity index (χ2v) is 2.19. The minimum Gasteiger partial charge on any atom is -0.456 e. The van der Waals surface area contributed by atoms with Crippen LogP contribution in [0.3, 0.4) is 0 Å². The summed E-state index contributed by atoms with van der Waals surface area (Å²) in [5.74, 6) is 0.288. The summed E-state index contributed by atoms with van der Waals surface area (Å²) in [5, 5.41) is 0. The van der Waals surface area contributed by atoms with Gasteiger partial charge in [0.15, 0.2) is 0 Å². The number of hydrogen-bond acceptors (Lipinski definition) is 3. The fourth-order valence-corrected chi connectivity index (χ4v) is 0.985. The topological polar surface area (TPSA) is 35.5 Å². The molecule has 0 fully saturated rings. The molecule has 0 atom stereocenters. The Balaban J connectivity index is 0.000000396. The molecule has 1 heterocycles. The van der Waals surface area contributed by atoms with Gasteiger partial charge < -0.3 is 9.47 Å². The minimum absolute atomic E-state index is 0.0237. The van der Waals surface area contributed by atoms with Crippen LogP contribution < -0.4 is 4.74 Å². The lowest BCUT2D eigenvalue weighted by Crippen LogP contribution is -2.17. The van der Waals surface area contributed by atoms with E-state index in [-0.39, 0.29) is 12.8 Å². The van der Waals surface area contributed by atoms with Gasteiger partial charge in [0.05, 0.1) is 0 Å². The van der Waals surface area contributed by atoms with Crippen molar-refractivity contribution in [3.8, 4) is 5.75 Å². The first-order valence-electron chi connectivity index (χ1n) is 4.27. The Morgan fingerprint density at radius 1 is 1.15 bits per heavy atom. The highest BCUT2D eigenvalue weighted by atomic mass is 16.7. The van der Waals surface area contributed by atoms with E-state index < -0.39 is 0 Å². The zero-order valence-electron chi connectivity index (χ0n) is 7.74. The third-order valence-electron chi connectivity index (χ3n) is 1.51. The second kappa shape index (κ2) is 4.50. The van der Waals surface area contributed by atoms with Crippen LogP contribution in [-0.4, -0.2) is 12.8 Å². The number of para-hydroxylation sites is 1. The fraction of sp³-hybridized carbons (Fsp3) is 0.300. The van der Waals surface area contributed by atoms with Crippen LogP contribution in [0.25, 0.3) is 0 Å². The lowest BCUT2D eigenvalue weighted by atomic mass is 10.2. The molecular weight excluding hydrogens is 168 g/mol. The number of carbonyl (C=O) groups excluding carboxylic acids is 1. The van der Waals surface area contributed by atoms with Crippen molar-refractivity contribution in [3.05, 3.63) is 29.8 Å². The molecule has 70 valence electrons. The van der Waals surface area contributed by atoms with Crippen molar-refractivity contribution in [1.82, 2.24) is 0 Å². The third-order valence-corrected chi connectivity index (χ3v) is 1.51. The molecule has 0 unspecified atom stereocenters. The van der Waals surface area contributed by atoms with Crippen LogP contribution in [0, 0.1) is 0 Å². The number of rotatable bonds is 0. The predicted molar refractivity (Wildman–Crippen MR) is 48.7 cm³/mol. The van der Waals surface area contributed by atoms with Crippen molar-refractivity contribution in [2.24, 2.45) is 0 Å². The number of hydrogen-bond donors (Lipinski definition) is 0. The summed E-state index contributed by atoms with van der Waals surface area (Å²) in [6, 6.07) is 7.01. The predicted octanol–water partition coefficient (Wildman–Crippen LogP) is 2.22. The lowest BCUT2D eigenvalue weighted by molar-refractivity contribution is 0.00492. The average molecular weight is 180 g/mol. The van der Waals surface area contributed by atoms with Crippen molar-refractivity contribution in [1.29, 1.82) is 0 Å². The van der Waals surface area contributed by atoms with E-state index in [1.165, 1.54) is 0 Å². The molecule has 1 aliphatic heterocycles. The molecule has 13 heavy (non-hydrogen) atoms. The van der Waals surface area contributed by atoms with E-state index in [9.17, 15) is 4.79 Å². The van der Waals surface area contributed by atoms with Crippen LogP contribution >= 0.6 is 0 Å². The molecule has 1 aromatic carbocycles. The van der Waals surface area contributed by atoms with Gasteiger partial charge in [-0.05, 0) is 12.1 Å². The molecular formula is C10H12O3. The van der Waals surface area contributed by atoms with Gasteiger partial charge in [0.25, 0.3) is 0 Å². The number of ether oxygens (including phenoxy) is 2. The van der Waals surface area contributed by atoms with Crippen LogP contribution in [0.4, 0.5) is 0 Å². The van der Waals surface area contributed by atoms with Crippen LogP contribution in [0.1, 0.15) is 24.2 Å². The Morgan fingerprint density at radius 2 is 1.85 bits per heavy atom. The number of esters is 1. The summed E-state index contributed by atoms with van der Waals surface area (Å²) in [7, 11) is 0. The van der Waals surface area contributed by atoms with Gasteiger partial charge in [-0.2, -0.15) is 0 Å². The number of fused-ring (bicyclic) bond motifs is 1. The van der Waals surface area contributed by atoms with E-state index >= 15 is 0 Å². The molecule has 0 bridgehead atoms. The molecule has 0 saturated heterocycles. The first kappa shape index (κ1) is 9.58. The van der Waals surface area contributed by atoms with E-state index in [2.05, 4.69) is 4.74 Å². The monoisotopic (exact) mass is 180 g/mol. The molecule has 3 heteroatoms. The van der Waals surface area contributed by atoms with Crippen molar-refractivity contribution in [3.63, 3.8) is 0 Å². The Labute approximate surface area is 77.3 Å². The van der Waals surface area contributed by atoms with Crippen LogP contribution in [0.5, 0.6) is 5.75 Å². The molecule has 0 aromatic heterocycles. The summed E-state index contributed by atoms with van der Waals surface area (Å²) >= 11 is 0. The maximum atomic E-state index is 11.0. The van der Waals surface area contributed by atoms with E-state index in [1.807, 2.05) is 19.9 Å². The van der Waals surface area contributed by atoms with Gasteiger partial charge in [-0.1, -0.05) is 26.0 Å². The smallest absolute Gasteiger partial charge is 0.344 e. The lowest BCUT2D eigenvalue weighted by Gasteiger charge is -2.15. The van der Waals surface area contributed by atoms with Gasteiger partial charge in [0, 0.05) is 0 Å². The fourth-order valence-electron chi connectivity index (χ4n) is 0.985.